The molecule has 0 bridgehead atoms. The van der Waals surface area contributed by atoms with E-state index in [1.807, 2.05) is 12.1 Å². The van der Waals surface area contributed by atoms with Crippen LogP contribution in [0.5, 0.6) is 0 Å². The number of benzene rings is 1. The Balaban J connectivity index is 1.81. The van der Waals surface area contributed by atoms with Gasteiger partial charge >= 0.3 is 6.09 Å². The summed E-state index contributed by atoms with van der Waals surface area (Å²) in [5.74, 6) is -0.161. The van der Waals surface area contributed by atoms with E-state index in [9.17, 15) is 13.2 Å². The number of aromatic nitrogens is 2. The van der Waals surface area contributed by atoms with Gasteiger partial charge in [-0.1, -0.05) is 12.1 Å². The average Bonchev–Trinajstić information content (AvgIpc) is 2.98. The molecular weight excluding hydrogens is 354 g/mol. The van der Waals surface area contributed by atoms with E-state index in [1.54, 1.807) is 37.8 Å². The zero-order chi connectivity index (χ0) is 18.9. The van der Waals surface area contributed by atoms with Gasteiger partial charge in [0.2, 0.25) is 15.0 Å². The molecule has 26 heavy (non-hydrogen) atoms. The molecule has 0 aliphatic carbocycles. The fraction of sp³-hybridized carbons (Fsp3) is 0.556. The fourth-order valence-corrected chi connectivity index (χ4v) is 4.66. The first-order valence-electron chi connectivity index (χ1n) is 8.83. The lowest BCUT2D eigenvalue weighted by Gasteiger charge is -2.36. The minimum Gasteiger partial charge on any atom is -0.444 e. The van der Waals surface area contributed by atoms with Crippen LogP contribution in [0.3, 0.4) is 0 Å². The Morgan fingerprint density at radius 3 is 2.73 bits per heavy atom. The normalized spacial score (nSPS) is 18.9. The number of imidazole rings is 1. The van der Waals surface area contributed by atoms with Gasteiger partial charge in [0.1, 0.15) is 5.60 Å². The summed E-state index contributed by atoms with van der Waals surface area (Å²) in [7, 11) is -3.65. The van der Waals surface area contributed by atoms with Gasteiger partial charge in [-0.15, -0.1) is 0 Å². The number of likely N-dealkylation sites (tertiary alicyclic amines) is 1. The second kappa shape index (κ2) is 6.90. The molecule has 1 aliphatic rings. The Kier molecular flexibility index (Phi) is 4.96. The standard InChI is InChI=1S/C18H25N3O4S/c1-18(2,3)25-17(22)21-11-7-6-8-13(21)12-26(23,24)16-19-14-9-4-5-10-15(14)20-16/h4-5,9-10,13H,6-8,11-12H2,1-3H3,(H,19,20). The number of sulfone groups is 1. The largest absolute Gasteiger partial charge is 0.444 e. The number of piperidine rings is 1. The first-order chi connectivity index (χ1) is 12.2. The van der Waals surface area contributed by atoms with Crippen LogP contribution in [-0.2, 0) is 14.6 Å². The summed E-state index contributed by atoms with van der Waals surface area (Å²) in [6, 6.07) is 6.78. The zero-order valence-corrected chi connectivity index (χ0v) is 16.2. The van der Waals surface area contributed by atoms with Crippen molar-refractivity contribution in [3.8, 4) is 0 Å². The van der Waals surface area contributed by atoms with Gasteiger partial charge in [0.15, 0.2) is 0 Å². The van der Waals surface area contributed by atoms with E-state index in [1.165, 1.54) is 0 Å². The summed E-state index contributed by atoms with van der Waals surface area (Å²) in [6.45, 7) is 5.91. The van der Waals surface area contributed by atoms with Crippen LogP contribution in [0.15, 0.2) is 29.4 Å². The highest BCUT2D eigenvalue weighted by Crippen LogP contribution is 2.24. The minimum atomic E-state index is -3.65. The van der Waals surface area contributed by atoms with Crippen LogP contribution >= 0.6 is 0 Å². The summed E-state index contributed by atoms with van der Waals surface area (Å²) in [5, 5.41) is -0.0478. The number of rotatable bonds is 3. The number of carbonyl (C=O) groups is 1. The lowest BCUT2D eigenvalue weighted by Crippen LogP contribution is -2.49. The van der Waals surface area contributed by atoms with Crippen LogP contribution in [0.25, 0.3) is 11.0 Å². The molecule has 1 saturated heterocycles. The van der Waals surface area contributed by atoms with Crippen LogP contribution in [0, 0.1) is 0 Å². The molecule has 8 heteroatoms. The molecule has 1 aliphatic heterocycles. The molecule has 1 amide bonds. The van der Waals surface area contributed by atoms with E-state index in [4.69, 9.17) is 4.74 Å². The molecule has 1 fully saturated rings. The maximum Gasteiger partial charge on any atom is 0.410 e. The molecule has 3 rings (SSSR count). The lowest BCUT2D eigenvalue weighted by molar-refractivity contribution is 0.0124. The third-order valence-electron chi connectivity index (χ3n) is 4.33. The molecule has 0 spiro atoms. The van der Waals surface area contributed by atoms with Crippen molar-refractivity contribution >= 4 is 27.0 Å². The molecule has 142 valence electrons. The van der Waals surface area contributed by atoms with Gasteiger partial charge in [0.25, 0.3) is 0 Å². The predicted octanol–water partition coefficient (Wildman–Crippen LogP) is 3.13. The number of nitrogens with zero attached hydrogens (tertiary/aromatic N) is 2. The maximum absolute atomic E-state index is 12.9. The first-order valence-corrected chi connectivity index (χ1v) is 10.5. The van der Waals surface area contributed by atoms with Crippen molar-refractivity contribution in [1.29, 1.82) is 0 Å². The Hall–Kier alpha value is -2.09. The molecule has 1 atom stereocenters. The van der Waals surface area contributed by atoms with Crippen LogP contribution in [0.2, 0.25) is 0 Å². The number of nitrogens with one attached hydrogen (secondary N) is 1. The summed E-state index contributed by atoms with van der Waals surface area (Å²) in [6.07, 6.45) is 1.92. The summed E-state index contributed by atoms with van der Waals surface area (Å²) < 4.78 is 31.1. The van der Waals surface area contributed by atoms with Crippen LogP contribution < -0.4 is 0 Å². The Labute approximate surface area is 153 Å². The van der Waals surface area contributed by atoms with Crippen LogP contribution in [0.4, 0.5) is 4.79 Å². The van der Waals surface area contributed by atoms with Gasteiger partial charge in [0.05, 0.1) is 16.8 Å². The van der Waals surface area contributed by atoms with E-state index in [0.717, 1.165) is 12.8 Å². The number of amides is 1. The average molecular weight is 379 g/mol. The lowest BCUT2D eigenvalue weighted by atomic mass is 10.0. The van der Waals surface area contributed by atoms with Crippen LogP contribution in [-0.4, -0.2) is 53.3 Å². The highest BCUT2D eigenvalue weighted by atomic mass is 32.2. The third kappa shape index (κ3) is 4.17. The van der Waals surface area contributed by atoms with Crippen molar-refractivity contribution in [2.75, 3.05) is 12.3 Å². The highest BCUT2D eigenvalue weighted by Gasteiger charge is 2.34. The number of para-hydroxylation sites is 2. The van der Waals surface area contributed by atoms with E-state index >= 15 is 0 Å². The molecular formula is C18H25N3O4S. The smallest absolute Gasteiger partial charge is 0.410 e. The van der Waals surface area contributed by atoms with Crippen LogP contribution in [0.1, 0.15) is 40.0 Å². The molecule has 2 aromatic rings. The van der Waals surface area contributed by atoms with Crippen molar-refractivity contribution in [1.82, 2.24) is 14.9 Å². The maximum atomic E-state index is 12.9. The molecule has 1 N–H and O–H groups in total. The number of fused-ring (bicyclic) bond motifs is 1. The number of aromatic amines is 1. The summed E-state index contributed by atoms with van der Waals surface area (Å²) in [5.41, 5.74) is 0.675. The van der Waals surface area contributed by atoms with E-state index in [-0.39, 0.29) is 10.9 Å². The van der Waals surface area contributed by atoms with Gasteiger partial charge in [-0.25, -0.2) is 18.2 Å². The quantitative estimate of drug-likeness (QED) is 0.884. The molecule has 1 unspecified atom stereocenters. The molecule has 1 aromatic heterocycles. The van der Waals surface area contributed by atoms with Gasteiger partial charge < -0.3 is 14.6 Å². The van der Waals surface area contributed by atoms with Crippen molar-refractivity contribution < 1.29 is 17.9 Å². The molecule has 0 saturated carbocycles. The van der Waals surface area contributed by atoms with Gasteiger partial charge in [0, 0.05) is 12.6 Å². The minimum absolute atomic E-state index is 0.0478. The Morgan fingerprint density at radius 2 is 2.04 bits per heavy atom. The summed E-state index contributed by atoms with van der Waals surface area (Å²) >= 11 is 0. The van der Waals surface area contributed by atoms with E-state index in [2.05, 4.69) is 9.97 Å². The molecule has 1 aromatic carbocycles. The monoisotopic (exact) mass is 379 g/mol. The molecule has 0 radical (unpaired) electrons. The number of hydrogen-bond acceptors (Lipinski definition) is 5. The first kappa shape index (κ1) is 18.7. The SMILES string of the molecule is CC(C)(C)OC(=O)N1CCCCC1CS(=O)(=O)c1nc2ccccc2[nH]1. The van der Waals surface area contributed by atoms with Gasteiger partial charge in [-0.2, -0.15) is 0 Å². The van der Waals surface area contributed by atoms with Crippen molar-refractivity contribution in [2.24, 2.45) is 0 Å². The Bertz CT molecular complexity index is 866. The van der Waals surface area contributed by atoms with Gasteiger partial charge in [-0.3, -0.25) is 0 Å². The highest BCUT2D eigenvalue weighted by molar-refractivity contribution is 7.91. The van der Waals surface area contributed by atoms with E-state index in [0.29, 0.717) is 24.0 Å². The van der Waals surface area contributed by atoms with Crippen molar-refractivity contribution in [3.63, 3.8) is 0 Å². The zero-order valence-electron chi connectivity index (χ0n) is 15.4. The van der Waals surface area contributed by atoms with E-state index < -0.39 is 27.6 Å². The molecule has 2 heterocycles. The number of carbonyl (C=O) groups excluding carboxylic acids is 1. The van der Waals surface area contributed by atoms with Gasteiger partial charge in [-0.05, 0) is 52.2 Å². The second-order valence-corrected chi connectivity index (χ2v) is 9.61. The number of hydrogen-bond donors (Lipinski definition) is 1. The molecule has 7 nitrogen and oxygen atoms in total. The van der Waals surface area contributed by atoms with Crippen molar-refractivity contribution in [3.05, 3.63) is 24.3 Å². The topological polar surface area (TPSA) is 92.4 Å². The number of ether oxygens (including phenoxy) is 1. The van der Waals surface area contributed by atoms with Crippen molar-refractivity contribution in [2.45, 2.75) is 56.8 Å². The Morgan fingerprint density at radius 1 is 1.31 bits per heavy atom. The fourth-order valence-electron chi connectivity index (χ4n) is 3.14. The number of H-pyrrole nitrogens is 1. The third-order valence-corrected chi connectivity index (χ3v) is 5.94. The predicted molar refractivity (Wildman–Crippen MR) is 98.7 cm³/mol. The second-order valence-electron chi connectivity index (χ2n) is 7.66. The summed E-state index contributed by atoms with van der Waals surface area (Å²) in [4.78, 5) is 21.1.